The molecule has 0 spiro atoms. The van der Waals surface area contributed by atoms with Gasteiger partial charge in [0.1, 0.15) is 5.82 Å². The smallest absolute Gasteiger partial charge is 0.319 e. The molecule has 7 heteroatoms. The third kappa shape index (κ3) is 3.98. The molecular weight excluding hydrogens is 302 g/mol. The van der Waals surface area contributed by atoms with Gasteiger partial charge in [0.2, 0.25) is 0 Å². The van der Waals surface area contributed by atoms with Crippen molar-refractivity contribution in [3.05, 3.63) is 40.4 Å². The number of urea groups is 1. The number of carbonyl (C=O) groups is 1. The normalized spacial score (nSPS) is 12.3. The Labute approximate surface area is 134 Å². The first-order valence-electron chi connectivity index (χ1n) is 7.09. The molecule has 1 atom stereocenters. The lowest BCUT2D eigenvalue weighted by molar-refractivity contribution is 0.244. The molecule has 1 aromatic heterocycles. The van der Waals surface area contributed by atoms with Crippen LogP contribution in [0.2, 0.25) is 5.02 Å². The molecule has 0 unspecified atom stereocenters. The summed E-state index contributed by atoms with van der Waals surface area (Å²) in [5.41, 5.74) is 1.60. The summed E-state index contributed by atoms with van der Waals surface area (Å²) in [4.78, 5) is 16.5. The predicted molar refractivity (Wildman–Crippen MR) is 87.0 cm³/mol. The van der Waals surface area contributed by atoms with E-state index >= 15 is 0 Å². The minimum atomic E-state index is -0.318. The van der Waals surface area contributed by atoms with E-state index in [1.54, 1.807) is 6.07 Å². The summed E-state index contributed by atoms with van der Waals surface area (Å²) in [5.74, 6) is 1.44. The number of nitrogens with zero attached hydrogens (tertiary/aromatic N) is 2. The first-order valence-corrected chi connectivity index (χ1v) is 7.47. The van der Waals surface area contributed by atoms with Crippen molar-refractivity contribution in [3.63, 3.8) is 0 Å². The predicted octanol–water partition coefficient (Wildman–Crippen LogP) is 3.59. The van der Waals surface area contributed by atoms with Gasteiger partial charge in [-0.3, -0.25) is 5.10 Å². The number of benzene rings is 1. The number of nitrogens with one attached hydrogen (secondary N) is 3. The number of rotatable bonds is 4. The van der Waals surface area contributed by atoms with Gasteiger partial charge in [-0.25, -0.2) is 9.78 Å². The van der Waals surface area contributed by atoms with Crippen molar-refractivity contribution in [2.45, 2.75) is 33.7 Å². The van der Waals surface area contributed by atoms with E-state index < -0.39 is 0 Å². The SMILES string of the molecule is Cc1nc([C@@H](NC(=O)Nc2ccc(C)c(Cl)c2)C(C)C)n[nH]1. The van der Waals surface area contributed by atoms with E-state index in [0.29, 0.717) is 22.4 Å². The summed E-state index contributed by atoms with van der Waals surface area (Å²) >= 11 is 6.06. The Hall–Kier alpha value is -2.08. The van der Waals surface area contributed by atoms with Crippen LogP contribution < -0.4 is 10.6 Å². The van der Waals surface area contributed by atoms with Crippen molar-refractivity contribution >= 4 is 23.3 Å². The highest BCUT2D eigenvalue weighted by atomic mass is 35.5. The van der Waals surface area contributed by atoms with Gasteiger partial charge in [-0.05, 0) is 37.5 Å². The summed E-state index contributed by atoms with van der Waals surface area (Å²) in [6.45, 7) is 7.73. The van der Waals surface area contributed by atoms with Gasteiger partial charge in [-0.15, -0.1) is 0 Å². The molecule has 0 radical (unpaired) electrons. The van der Waals surface area contributed by atoms with Crippen LogP contribution in [0.25, 0.3) is 0 Å². The zero-order valence-electron chi connectivity index (χ0n) is 13.1. The van der Waals surface area contributed by atoms with Crippen LogP contribution >= 0.6 is 11.6 Å². The van der Waals surface area contributed by atoms with Crippen LogP contribution in [0.5, 0.6) is 0 Å². The zero-order chi connectivity index (χ0) is 16.3. The summed E-state index contributed by atoms with van der Waals surface area (Å²) in [6.07, 6.45) is 0. The maximum Gasteiger partial charge on any atom is 0.319 e. The van der Waals surface area contributed by atoms with Crippen LogP contribution in [0, 0.1) is 19.8 Å². The number of amides is 2. The van der Waals surface area contributed by atoms with Gasteiger partial charge >= 0.3 is 6.03 Å². The molecule has 2 aromatic rings. The fourth-order valence-corrected chi connectivity index (χ4v) is 2.19. The standard InChI is InChI=1S/C15H20ClN5O/c1-8(2)13(14-17-10(4)20-21-14)19-15(22)18-11-6-5-9(3)12(16)7-11/h5-8,13H,1-4H3,(H,17,20,21)(H2,18,19,22)/t13-/m0/s1. The van der Waals surface area contributed by atoms with Gasteiger partial charge in [0.05, 0.1) is 6.04 Å². The molecule has 0 aliphatic rings. The number of aromatic amines is 1. The monoisotopic (exact) mass is 321 g/mol. The molecular formula is C15H20ClN5O. The minimum absolute atomic E-state index is 0.155. The zero-order valence-corrected chi connectivity index (χ0v) is 13.8. The van der Waals surface area contributed by atoms with Gasteiger partial charge < -0.3 is 10.6 Å². The average Bonchev–Trinajstić information content (AvgIpc) is 2.86. The number of aromatic nitrogens is 3. The molecule has 22 heavy (non-hydrogen) atoms. The summed E-state index contributed by atoms with van der Waals surface area (Å²) < 4.78 is 0. The second kappa shape index (κ2) is 6.79. The topological polar surface area (TPSA) is 82.7 Å². The van der Waals surface area contributed by atoms with Gasteiger partial charge in [0.15, 0.2) is 5.82 Å². The lowest BCUT2D eigenvalue weighted by Crippen LogP contribution is -2.35. The van der Waals surface area contributed by atoms with Crippen LogP contribution in [0.4, 0.5) is 10.5 Å². The van der Waals surface area contributed by atoms with Crippen LogP contribution in [-0.2, 0) is 0 Å². The number of carbonyl (C=O) groups excluding carboxylic acids is 1. The highest BCUT2D eigenvalue weighted by Gasteiger charge is 2.22. The third-order valence-electron chi connectivity index (χ3n) is 3.28. The Morgan fingerprint density at radius 1 is 1.32 bits per heavy atom. The Bertz CT molecular complexity index is 668. The number of hydrogen-bond donors (Lipinski definition) is 3. The van der Waals surface area contributed by atoms with Crippen LogP contribution in [0.15, 0.2) is 18.2 Å². The van der Waals surface area contributed by atoms with E-state index in [2.05, 4.69) is 25.8 Å². The Morgan fingerprint density at radius 2 is 2.05 bits per heavy atom. The molecule has 2 rings (SSSR count). The molecule has 2 amide bonds. The maximum absolute atomic E-state index is 12.2. The Morgan fingerprint density at radius 3 is 2.59 bits per heavy atom. The van der Waals surface area contributed by atoms with Crippen LogP contribution in [0.3, 0.4) is 0 Å². The number of aryl methyl sites for hydroxylation is 2. The van der Waals surface area contributed by atoms with E-state index in [1.807, 2.05) is 39.8 Å². The van der Waals surface area contributed by atoms with E-state index in [1.165, 1.54) is 0 Å². The van der Waals surface area contributed by atoms with Crippen molar-refractivity contribution in [3.8, 4) is 0 Å². The first-order chi connectivity index (χ1) is 10.4. The lowest BCUT2D eigenvalue weighted by Gasteiger charge is -2.19. The van der Waals surface area contributed by atoms with E-state index in [0.717, 1.165) is 5.56 Å². The number of H-pyrrole nitrogens is 1. The second-order valence-corrected chi connectivity index (χ2v) is 5.97. The Balaban J connectivity index is 2.06. The third-order valence-corrected chi connectivity index (χ3v) is 3.68. The highest BCUT2D eigenvalue weighted by molar-refractivity contribution is 6.31. The molecule has 1 aromatic carbocycles. The molecule has 0 aliphatic heterocycles. The number of hydrogen-bond acceptors (Lipinski definition) is 3. The van der Waals surface area contributed by atoms with Crippen LogP contribution in [-0.4, -0.2) is 21.2 Å². The molecule has 0 fully saturated rings. The number of halogens is 1. The lowest BCUT2D eigenvalue weighted by atomic mass is 10.0. The average molecular weight is 322 g/mol. The molecule has 3 N–H and O–H groups in total. The van der Waals surface area contributed by atoms with E-state index in [-0.39, 0.29) is 18.0 Å². The van der Waals surface area contributed by atoms with Crippen molar-refractivity contribution in [2.75, 3.05) is 5.32 Å². The van der Waals surface area contributed by atoms with Gasteiger partial charge in [-0.2, -0.15) is 5.10 Å². The highest BCUT2D eigenvalue weighted by Crippen LogP contribution is 2.21. The van der Waals surface area contributed by atoms with Gasteiger partial charge in [0, 0.05) is 10.7 Å². The molecule has 6 nitrogen and oxygen atoms in total. The van der Waals surface area contributed by atoms with Crippen molar-refractivity contribution in [1.82, 2.24) is 20.5 Å². The maximum atomic E-state index is 12.2. The molecule has 0 aliphatic carbocycles. The van der Waals surface area contributed by atoms with E-state index in [9.17, 15) is 4.79 Å². The van der Waals surface area contributed by atoms with Crippen LogP contribution in [0.1, 0.15) is 37.1 Å². The van der Waals surface area contributed by atoms with Crippen molar-refractivity contribution < 1.29 is 4.79 Å². The number of anilines is 1. The Kier molecular flexibility index (Phi) is 5.03. The van der Waals surface area contributed by atoms with E-state index in [4.69, 9.17) is 11.6 Å². The quantitative estimate of drug-likeness (QED) is 0.804. The molecule has 0 bridgehead atoms. The van der Waals surface area contributed by atoms with Gasteiger partial charge in [0.25, 0.3) is 0 Å². The van der Waals surface area contributed by atoms with Crippen molar-refractivity contribution in [2.24, 2.45) is 5.92 Å². The first kappa shape index (κ1) is 16.3. The fraction of sp³-hybridized carbons (Fsp3) is 0.400. The van der Waals surface area contributed by atoms with Gasteiger partial charge in [-0.1, -0.05) is 31.5 Å². The minimum Gasteiger partial charge on any atom is -0.328 e. The molecule has 0 saturated heterocycles. The fourth-order valence-electron chi connectivity index (χ4n) is 2.01. The molecule has 118 valence electrons. The molecule has 1 heterocycles. The molecule has 0 saturated carbocycles. The summed E-state index contributed by atoms with van der Waals surface area (Å²) in [6, 6.07) is 4.79. The summed E-state index contributed by atoms with van der Waals surface area (Å²) in [5, 5.41) is 13.2. The summed E-state index contributed by atoms with van der Waals surface area (Å²) in [7, 11) is 0. The largest absolute Gasteiger partial charge is 0.328 e. The van der Waals surface area contributed by atoms with Crippen molar-refractivity contribution in [1.29, 1.82) is 0 Å². The second-order valence-electron chi connectivity index (χ2n) is 5.56.